The molecule has 0 aliphatic heterocycles. The standard InChI is InChI=1S/C16H21N3OS/c1-3-14(16-17-9-10-18-16)19-15(20)8-11-21-13-6-4-12(2)5-7-13/h4-7,9-10,14H,3,8,11H2,1-2H3,(H,17,18)(H,19,20). The van der Waals surface area contributed by atoms with Crippen molar-refractivity contribution in [3.05, 3.63) is 48.0 Å². The number of carbonyl (C=O) groups excluding carboxylic acids is 1. The molecule has 0 saturated carbocycles. The minimum Gasteiger partial charge on any atom is -0.347 e. The summed E-state index contributed by atoms with van der Waals surface area (Å²) in [6.07, 6.45) is 4.81. The average molecular weight is 303 g/mol. The number of rotatable bonds is 7. The fourth-order valence-electron chi connectivity index (χ4n) is 1.99. The quantitative estimate of drug-likeness (QED) is 0.770. The molecule has 1 atom stereocenters. The van der Waals surface area contributed by atoms with Gasteiger partial charge in [0.25, 0.3) is 0 Å². The maximum absolute atomic E-state index is 12.0. The molecule has 0 bridgehead atoms. The summed E-state index contributed by atoms with van der Waals surface area (Å²) in [6, 6.07) is 8.33. The molecule has 112 valence electrons. The Morgan fingerprint density at radius 3 is 2.76 bits per heavy atom. The molecule has 0 spiro atoms. The lowest BCUT2D eigenvalue weighted by atomic mass is 10.2. The van der Waals surface area contributed by atoms with Gasteiger partial charge in [-0.2, -0.15) is 0 Å². The van der Waals surface area contributed by atoms with Gasteiger partial charge in [-0.25, -0.2) is 4.98 Å². The molecule has 0 fully saturated rings. The SMILES string of the molecule is CCC(NC(=O)CCSc1ccc(C)cc1)c1ncc[nH]1. The highest BCUT2D eigenvalue weighted by atomic mass is 32.2. The predicted octanol–water partition coefficient (Wildman–Crippen LogP) is 3.47. The first-order valence-corrected chi connectivity index (χ1v) is 8.15. The van der Waals surface area contributed by atoms with Crippen LogP contribution in [0.5, 0.6) is 0 Å². The summed E-state index contributed by atoms with van der Waals surface area (Å²) in [5, 5.41) is 3.02. The van der Waals surface area contributed by atoms with Gasteiger partial charge in [-0.3, -0.25) is 4.79 Å². The van der Waals surface area contributed by atoms with E-state index in [0.29, 0.717) is 6.42 Å². The second-order valence-electron chi connectivity index (χ2n) is 4.91. The van der Waals surface area contributed by atoms with Gasteiger partial charge >= 0.3 is 0 Å². The Kier molecular flexibility index (Phi) is 5.87. The van der Waals surface area contributed by atoms with Gasteiger partial charge < -0.3 is 10.3 Å². The number of aromatic nitrogens is 2. The summed E-state index contributed by atoms with van der Waals surface area (Å²) < 4.78 is 0. The zero-order valence-corrected chi connectivity index (χ0v) is 13.2. The highest BCUT2D eigenvalue weighted by molar-refractivity contribution is 7.99. The van der Waals surface area contributed by atoms with Crippen LogP contribution in [0.25, 0.3) is 0 Å². The molecule has 1 heterocycles. The zero-order valence-electron chi connectivity index (χ0n) is 12.4. The first-order chi connectivity index (χ1) is 10.2. The summed E-state index contributed by atoms with van der Waals surface area (Å²) in [7, 11) is 0. The molecule has 2 N–H and O–H groups in total. The molecule has 4 nitrogen and oxygen atoms in total. The van der Waals surface area contributed by atoms with E-state index in [9.17, 15) is 4.79 Å². The Morgan fingerprint density at radius 1 is 1.38 bits per heavy atom. The molecule has 21 heavy (non-hydrogen) atoms. The molecule has 1 aromatic heterocycles. The van der Waals surface area contributed by atoms with Gasteiger partial charge in [0.05, 0.1) is 6.04 Å². The summed E-state index contributed by atoms with van der Waals surface area (Å²) >= 11 is 1.71. The number of H-pyrrole nitrogens is 1. The van der Waals surface area contributed by atoms with Crippen LogP contribution in [0, 0.1) is 6.92 Å². The van der Waals surface area contributed by atoms with Crippen molar-refractivity contribution in [2.75, 3.05) is 5.75 Å². The summed E-state index contributed by atoms with van der Waals surface area (Å²) in [6.45, 7) is 4.11. The van der Waals surface area contributed by atoms with Gasteiger partial charge in [0, 0.05) is 29.5 Å². The van der Waals surface area contributed by atoms with Crippen molar-refractivity contribution in [1.29, 1.82) is 0 Å². The molecule has 1 aromatic carbocycles. The lowest BCUT2D eigenvalue weighted by Gasteiger charge is -2.14. The third kappa shape index (κ3) is 4.93. The van der Waals surface area contributed by atoms with Crippen LogP contribution >= 0.6 is 11.8 Å². The number of benzene rings is 1. The summed E-state index contributed by atoms with van der Waals surface area (Å²) in [5.41, 5.74) is 1.25. The van der Waals surface area contributed by atoms with Crippen molar-refractivity contribution in [2.45, 2.75) is 37.6 Å². The number of aryl methyl sites for hydroxylation is 1. The van der Waals surface area contributed by atoms with E-state index >= 15 is 0 Å². The average Bonchev–Trinajstić information content (AvgIpc) is 3.01. The summed E-state index contributed by atoms with van der Waals surface area (Å²) in [5.74, 6) is 1.67. The van der Waals surface area contributed by atoms with E-state index in [1.165, 1.54) is 10.5 Å². The number of carbonyl (C=O) groups is 1. The van der Waals surface area contributed by atoms with Crippen molar-refractivity contribution in [2.24, 2.45) is 0 Å². The van der Waals surface area contributed by atoms with Crippen molar-refractivity contribution >= 4 is 17.7 Å². The van der Waals surface area contributed by atoms with E-state index in [-0.39, 0.29) is 11.9 Å². The maximum atomic E-state index is 12.0. The van der Waals surface area contributed by atoms with Gasteiger partial charge in [0.15, 0.2) is 0 Å². The molecule has 2 rings (SSSR count). The number of amides is 1. The van der Waals surface area contributed by atoms with Gasteiger partial charge in [0.2, 0.25) is 5.91 Å². The molecule has 1 amide bonds. The van der Waals surface area contributed by atoms with Gasteiger partial charge in [0.1, 0.15) is 5.82 Å². The molecule has 2 aromatic rings. The van der Waals surface area contributed by atoms with E-state index in [4.69, 9.17) is 0 Å². The van der Waals surface area contributed by atoms with E-state index < -0.39 is 0 Å². The third-order valence-corrected chi connectivity index (χ3v) is 4.23. The topological polar surface area (TPSA) is 57.8 Å². The number of hydrogen-bond acceptors (Lipinski definition) is 3. The lowest BCUT2D eigenvalue weighted by molar-refractivity contribution is -0.121. The molecule has 0 saturated heterocycles. The number of aromatic amines is 1. The Labute approximate surface area is 129 Å². The monoisotopic (exact) mass is 303 g/mol. The lowest BCUT2D eigenvalue weighted by Crippen LogP contribution is -2.29. The van der Waals surface area contributed by atoms with E-state index in [1.54, 1.807) is 24.2 Å². The van der Waals surface area contributed by atoms with Crippen molar-refractivity contribution in [3.8, 4) is 0 Å². The van der Waals surface area contributed by atoms with Crippen LogP contribution < -0.4 is 5.32 Å². The van der Waals surface area contributed by atoms with Crippen LogP contribution in [0.15, 0.2) is 41.6 Å². The number of imidazole rings is 1. The van der Waals surface area contributed by atoms with Crippen LogP contribution in [0.4, 0.5) is 0 Å². The van der Waals surface area contributed by atoms with E-state index in [2.05, 4.69) is 46.5 Å². The first kappa shape index (κ1) is 15.6. The molecule has 5 heteroatoms. The largest absolute Gasteiger partial charge is 0.347 e. The van der Waals surface area contributed by atoms with Gasteiger partial charge in [-0.1, -0.05) is 24.6 Å². The van der Waals surface area contributed by atoms with E-state index in [0.717, 1.165) is 18.0 Å². The number of thioether (sulfide) groups is 1. The second-order valence-corrected chi connectivity index (χ2v) is 6.08. The number of nitrogens with zero attached hydrogens (tertiary/aromatic N) is 1. The Morgan fingerprint density at radius 2 is 2.14 bits per heavy atom. The van der Waals surface area contributed by atoms with Crippen LogP contribution in [-0.4, -0.2) is 21.6 Å². The number of hydrogen-bond donors (Lipinski definition) is 2. The normalized spacial score (nSPS) is 12.1. The first-order valence-electron chi connectivity index (χ1n) is 7.17. The third-order valence-electron chi connectivity index (χ3n) is 3.21. The zero-order chi connectivity index (χ0) is 15.1. The molecular weight excluding hydrogens is 282 g/mol. The van der Waals surface area contributed by atoms with Crippen molar-refractivity contribution < 1.29 is 4.79 Å². The highest BCUT2D eigenvalue weighted by Crippen LogP contribution is 2.19. The minimum absolute atomic E-state index is 0.0307. The van der Waals surface area contributed by atoms with Gasteiger partial charge in [-0.15, -0.1) is 11.8 Å². The molecule has 1 unspecified atom stereocenters. The fraction of sp³-hybridized carbons (Fsp3) is 0.375. The molecular formula is C16H21N3OS. The molecule has 0 aliphatic carbocycles. The maximum Gasteiger partial charge on any atom is 0.221 e. The van der Waals surface area contributed by atoms with Crippen LogP contribution in [0.3, 0.4) is 0 Å². The second kappa shape index (κ2) is 7.88. The highest BCUT2D eigenvalue weighted by Gasteiger charge is 2.14. The van der Waals surface area contributed by atoms with Gasteiger partial charge in [-0.05, 0) is 25.5 Å². The summed E-state index contributed by atoms with van der Waals surface area (Å²) in [4.78, 5) is 20.4. The number of nitrogens with one attached hydrogen (secondary N) is 2. The molecule has 0 aliphatic rings. The van der Waals surface area contributed by atoms with Crippen molar-refractivity contribution in [3.63, 3.8) is 0 Å². The van der Waals surface area contributed by atoms with E-state index in [1.807, 2.05) is 6.92 Å². The Balaban J connectivity index is 1.75. The Bertz CT molecular complexity index is 551. The smallest absolute Gasteiger partial charge is 0.221 e. The van der Waals surface area contributed by atoms with Crippen LogP contribution in [0.2, 0.25) is 0 Å². The fourth-order valence-corrected chi connectivity index (χ4v) is 2.85. The van der Waals surface area contributed by atoms with Crippen LogP contribution in [0.1, 0.15) is 37.2 Å². The van der Waals surface area contributed by atoms with Crippen LogP contribution in [-0.2, 0) is 4.79 Å². The Hall–Kier alpha value is -1.75. The molecule has 0 radical (unpaired) electrons. The minimum atomic E-state index is -0.0307. The van der Waals surface area contributed by atoms with Crippen molar-refractivity contribution in [1.82, 2.24) is 15.3 Å². The predicted molar refractivity (Wildman–Crippen MR) is 86.3 cm³/mol.